The van der Waals surface area contributed by atoms with Crippen LogP contribution >= 0.6 is 0 Å². The molecule has 0 aliphatic heterocycles. The minimum Gasteiger partial charge on any atom is -0.480 e. The number of amides is 3. The number of aliphatic carboxylic acids is 1. The van der Waals surface area contributed by atoms with Gasteiger partial charge in [0.2, 0.25) is 17.7 Å². The molecule has 3 atom stereocenters. The van der Waals surface area contributed by atoms with Gasteiger partial charge in [0, 0.05) is 6.42 Å². The molecule has 10 heteroatoms. The molecule has 8 N–H and O–H groups in total. The van der Waals surface area contributed by atoms with E-state index >= 15 is 0 Å². The number of nitrogens with one attached hydrogen (secondary N) is 3. The molecule has 0 heterocycles. The Kier molecular flexibility index (Phi) is 12.7. The molecule has 0 radical (unpaired) electrons. The number of hydrogen-bond donors (Lipinski definition) is 6. The summed E-state index contributed by atoms with van der Waals surface area (Å²) in [5.41, 5.74) is 12.3. The van der Waals surface area contributed by atoms with E-state index in [-0.39, 0.29) is 12.3 Å². The van der Waals surface area contributed by atoms with Crippen molar-refractivity contribution < 1.29 is 24.3 Å². The van der Waals surface area contributed by atoms with E-state index in [1.165, 1.54) is 0 Å². The van der Waals surface area contributed by atoms with Crippen LogP contribution in [0, 0.1) is 5.92 Å². The Bertz CT molecular complexity index is 772. The van der Waals surface area contributed by atoms with Crippen molar-refractivity contribution in [1.29, 1.82) is 0 Å². The van der Waals surface area contributed by atoms with Gasteiger partial charge in [-0.2, -0.15) is 0 Å². The fraction of sp³-hybridized carbons (Fsp3) is 0.565. The molecule has 10 nitrogen and oxygen atoms in total. The van der Waals surface area contributed by atoms with E-state index in [4.69, 9.17) is 16.6 Å². The minimum atomic E-state index is -1.18. The van der Waals surface area contributed by atoms with E-state index in [0.717, 1.165) is 12.0 Å². The molecule has 1 aromatic rings. The number of unbranched alkanes of at least 4 members (excludes halogenated alkanes) is 1. The Labute approximate surface area is 194 Å². The summed E-state index contributed by atoms with van der Waals surface area (Å²) in [6.45, 7) is 3.72. The summed E-state index contributed by atoms with van der Waals surface area (Å²) in [7, 11) is 0. The van der Waals surface area contributed by atoms with Crippen LogP contribution in [0.1, 0.15) is 45.1 Å². The highest BCUT2D eigenvalue weighted by Crippen LogP contribution is 2.09. The number of rotatable bonds is 15. The molecule has 1 aromatic carbocycles. The zero-order valence-corrected chi connectivity index (χ0v) is 19.4. The second kappa shape index (κ2) is 15.0. The molecule has 0 aliphatic carbocycles. The number of carbonyl (C=O) groups excluding carboxylic acids is 3. The highest BCUT2D eigenvalue weighted by Gasteiger charge is 2.29. The number of carbonyl (C=O) groups is 4. The van der Waals surface area contributed by atoms with Crippen LogP contribution < -0.4 is 27.4 Å². The number of carboxylic acid groups (broad SMARTS) is 1. The Hall–Kier alpha value is -2.98. The van der Waals surface area contributed by atoms with E-state index in [2.05, 4.69) is 16.0 Å². The molecular weight excluding hydrogens is 426 g/mol. The molecule has 0 saturated carbocycles. The molecule has 0 aromatic heterocycles. The van der Waals surface area contributed by atoms with Gasteiger partial charge in [-0.25, -0.2) is 0 Å². The first-order valence-electron chi connectivity index (χ1n) is 11.2. The smallest absolute Gasteiger partial charge is 0.322 e. The van der Waals surface area contributed by atoms with Gasteiger partial charge in [0.25, 0.3) is 0 Å². The minimum absolute atomic E-state index is 0.0593. The van der Waals surface area contributed by atoms with Crippen molar-refractivity contribution in [1.82, 2.24) is 16.0 Å². The maximum absolute atomic E-state index is 13.1. The van der Waals surface area contributed by atoms with Crippen LogP contribution in [0.15, 0.2) is 30.3 Å². The number of hydrogen-bond acceptors (Lipinski definition) is 6. The first-order valence-corrected chi connectivity index (χ1v) is 11.2. The van der Waals surface area contributed by atoms with E-state index in [0.29, 0.717) is 25.8 Å². The van der Waals surface area contributed by atoms with Crippen molar-refractivity contribution in [3.05, 3.63) is 35.9 Å². The van der Waals surface area contributed by atoms with Crippen molar-refractivity contribution >= 4 is 23.7 Å². The summed E-state index contributed by atoms with van der Waals surface area (Å²) in [4.78, 5) is 49.0. The van der Waals surface area contributed by atoms with Crippen LogP contribution in [0.5, 0.6) is 0 Å². The monoisotopic (exact) mass is 463 g/mol. The van der Waals surface area contributed by atoms with Gasteiger partial charge in [0.15, 0.2) is 0 Å². The Morgan fingerprint density at radius 3 is 2.15 bits per heavy atom. The second-order valence-electron chi connectivity index (χ2n) is 8.44. The van der Waals surface area contributed by atoms with Gasteiger partial charge in [-0.15, -0.1) is 0 Å². The molecule has 3 amide bonds. The summed E-state index contributed by atoms with van der Waals surface area (Å²) >= 11 is 0. The molecule has 0 spiro atoms. The highest BCUT2D eigenvalue weighted by atomic mass is 16.4. The van der Waals surface area contributed by atoms with Gasteiger partial charge in [-0.05, 0) is 37.3 Å². The van der Waals surface area contributed by atoms with Gasteiger partial charge in [0.1, 0.15) is 18.6 Å². The number of nitrogens with two attached hydrogens (primary N) is 2. The van der Waals surface area contributed by atoms with E-state index in [1.807, 2.05) is 44.2 Å². The van der Waals surface area contributed by atoms with Crippen LogP contribution in [0.25, 0.3) is 0 Å². The lowest BCUT2D eigenvalue weighted by atomic mass is 10.0. The van der Waals surface area contributed by atoms with Gasteiger partial charge >= 0.3 is 5.97 Å². The maximum Gasteiger partial charge on any atom is 0.322 e. The standard InChI is InChI=1S/C23H37N5O5/c1-15(2)12-18(22(32)26-14-20(29)30)28-23(33)19(13-16-8-4-3-5-9-16)27-21(31)17(25)10-6-7-11-24/h3-5,8-9,15,17-19H,6-7,10-14,24-25H2,1-2H3,(H,26,32)(H,27,31)(H,28,33)(H,29,30). The lowest BCUT2D eigenvalue weighted by Crippen LogP contribution is -2.56. The Balaban J connectivity index is 2.96. The lowest BCUT2D eigenvalue weighted by molar-refractivity contribution is -0.138. The molecule has 0 fully saturated rings. The summed E-state index contributed by atoms with van der Waals surface area (Å²) in [6, 6.07) is 6.48. The van der Waals surface area contributed by atoms with Crippen LogP contribution in [-0.4, -0.2) is 60.0 Å². The molecule has 0 saturated heterocycles. The Morgan fingerprint density at radius 2 is 1.58 bits per heavy atom. The summed E-state index contributed by atoms with van der Waals surface area (Å²) in [5.74, 6) is -2.72. The molecule has 1 rings (SSSR count). The molecule has 184 valence electrons. The lowest BCUT2D eigenvalue weighted by Gasteiger charge is -2.25. The number of carboxylic acids is 1. The van der Waals surface area contributed by atoms with Crippen molar-refractivity contribution in [2.75, 3.05) is 13.1 Å². The zero-order chi connectivity index (χ0) is 24.8. The van der Waals surface area contributed by atoms with Crippen LogP contribution in [-0.2, 0) is 25.6 Å². The molecular formula is C23H37N5O5. The van der Waals surface area contributed by atoms with Crippen molar-refractivity contribution in [3.63, 3.8) is 0 Å². The summed E-state index contributed by atoms with van der Waals surface area (Å²) < 4.78 is 0. The van der Waals surface area contributed by atoms with E-state index in [9.17, 15) is 19.2 Å². The molecule has 33 heavy (non-hydrogen) atoms. The maximum atomic E-state index is 13.1. The molecule has 0 aliphatic rings. The first-order chi connectivity index (χ1) is 15.6. The third-order valence-electron chi connectivity index (χ3n) is 4.98. The van der Waals surface area contributed by atoms with Gasteiger partial charge in [-0.3, -0.25) is 19.2 Å². The van der Waals surface area contributed by atoms with Crippen LogP contribution in [0.3, 0.4) is 0 Å². The van der Waals surface area contributed by atoms with Crippen LogP contribution in [0.2, 0.25) is 0 Å². The predicted molar refractivity (Wildman–Crippen MR) is 125 cm³/mol. The third kappa shape index (κ3) is 11.4. The fourth-order valence-corrected chi connectivity index (χ4v) is 3.24. The summed E-state index contributed by atoms with van der Waals surface area (Å²) in [5, 5.41) is 16.5. The fourth-order valence-electron chi connectivity index (χ4n) is 3.24. The van der Waals surface area contributed by atoms with Crippen molar-refractivity contribution in [3.8, 4) is 0 Å². The number of benzene rings is 1. The second-order valence-corrected chi connectivity index (χ2v) is 8.44. The SMILES string of the molecule is CC(C)CC(NC(=O)C(Cc1ccccc1)NC(=O)C(N)CCCCN)C(=O)NCC(=O)O. The molecule has 0 bridgehead atoms. The Morgan fingerprint density at radius 1 is 0.939 bits per heavy atom. The third-order valence-corrected chi connectivity index (χ3v) is 4.98. The van der Waals surface area contributed by atoms with Crippen molar-refractivity contribution in [2.24, 2.45) is 17.4 Å². The quantitative estimate of drug-likeness (QED) is 0.197. The zero-order valence-electron chi connectivity index (χ0n) is 19.4. The van der Waals surface area contributed by atoms with Gasteiger partial charge in [0.05, 0.1) is 6.04 Å². The topological polar surface area (TPSA) is 177 Å². The van der Waals surface area contributed by atoms with E-state index in [1.54, 1.807) is 0 Å². The molecule has 3 unspecified atom stereocenters. The highest BCUT2D eigenvalue weighted by molar-refractivity contribution is 5.93. The average molecular weight is 464 g/mol. The van der Waals surface area contributed by atoms with Gasteiger partial charge in [-0.1, -0.05) is 50.6 Å². The normalized spacial score (nSPS) is 13.6. The summed E-state index contributed by atoms with van der Waals surface area (Å²) in [6.07, 6.45) is 2.40. The predicted octanol–water partition coefficient (Wildman–Crippen LogP) is -0.0981. The van der Waals surface area contributed by atoms with Gasteiger partial charge < -0.3 is 32.5 Å². The largest absolute Gasteiger partial charge is 0.480 e. The first kappa shape index (κ1) is 28.1. The van der Waals surface area contributed by atoms with E-state index < -0.39 is 48.4 Å². The van der Waals surface area contributed by atoms with Crippen molar-refractivity contribution in [2.45, 2.75) is 64.1 Å². The average Bonchev–Trinajstić information content (AvgIpc) is 2.76. The van der Waals surface area contributed by atoms with Crippen LogP contribution in [0.4, 0.5) is 0 Å².